The third-order valence-corrected chi connectivity index (χ3v) is 2.93. The molecule has 0 saturated heterocycles. The summed E-state index contributed by atoms with van der Waals surface area (Å²) in [4.78, 5) is 0. The molecule has 0 aliphatic heterocycles. The van der Waals surface area contributed by atoms with Crippen LogP contribution in [-0.4, -0.2) is 10.2 Å². The lowest BCUT2D eigenvalue weighted by molar-refractivity contribution is 0.931. The lowest BCUT2D eigenvalue weighted by atomic mass is 10.1. The van der Waals surface area contributed by atoms with E-state index in [1.807, 2.05) is 18.2 Å². The second-order valence-corrected chi connectivity index (χ2v) is 5.00. The van der Waals surface area contributed by atoms with Gasteiger partial charge in [-0.05, 0) is 39.7 Å². The predicted molar refractivity (Wildman–Crippen MR) is 66.7 cm³/mol. The Bertz CT molecular complexity index is 454. The first-order valence-corrected chi connectivity index (χ1v) is 6.04. The summed E-state index contributed by atoms with van der Waals surface area (Å²) in [6, 6.07) is 10.2. The van der Waals surface area contributed by atoms with E-state index in [-0.39, 0.29) is 0 Å². The van der Waals surface area contributed by atoms with Gasteiger partial charge in [0.1, 0.15) is 0 Å². The molecule has 0 fully saturated rings. The molecule has 1 heterocycles. The fraction of sp³-hybridized carbons (Fsp3) is 0.0909. The second kappa shape index (κ2) is 4.86. The molecular formula is C11H8Br2N2. The minimum atomic E-state index is 0.805. The summed E-state index contributed by atoms with van der Waals surface area (Å²) in [5.74, 6) is 0. The smallest absolute Gasteiger partial charge is 0.0686 e. The Morgan fingerprint density at radius 1 is 1.00 bits per heavy atom. The molecule has 0 N–H and O–H groups in total. The molecule has 0 amide bonds. The van der Waals surface area contributed by atoms with Crippen LogP contribution in [0.25, 0.3) is 0 Å². The van der Waals surface area contributed by atoms with Gasteiger partial charge in [0.15, 0.2) is 0 Å². The van der Waals surface area contributed by atoms with Gasteiger partial charge in [0.2, 0.25) is 0 Å². The molecule has 15 heavy (non-hydrogen) atoms. The first-order chi connectivity index (χ1) is 7.24. The summed E-state index contributed by atoms with van der Waals surface area (Å²) in [5.41, 5.74) is 2.19. The molecule has 0 atom stereocenters. The largest absolute Gasteiger partial charge is 0.158 e. The summed E-state index contributed by atoms with van der Waals surface area (Å²) < 4.78 is 2.05. The van der Waals surface area contributed by atoms with Crippen LogP contribution < -0.4 is 0 Å². The molecule has 0 bridgehead atoms. The van der Waals surface area contributed by atoms with Crippen LogP contribution >= 0.6 is 31.9 Å². The minimum Gasteiger partial charge on any atom is -0.158 e. The van der Waals surface area contributed by atoms with Crippen LogP contribution in [-0.2, 0) is 6.42 Å². The Morgan fingerprint density at radius 3 is 2.40 bits per heavy atom. The van der Waals surface area contributed by atoms with Crippen molar-refractivity contribution in [2.75, 3.05) is 0 Å². The third-order valence-electron chi connectivity index (χ3n) is 1.97. The Kier molecular flexibility index (Phi) is 3.49. The van der Waals surface area contributed by atoms with Gasteiger partial charge in [0.25, 0.3) is 0 Å². The van der Waals surface area contributed by atoms with E-state index < -0.39 is 0 Å². The Labute approximate surface area is 105 Å². The van der Waals surface area contributed by atoms with E-state index in [9.17, 15) is 0 Å². The molecule has 1 aromatic heterocycles. The molecule has 2 rings (SSSR count). The topological polar surface area (TPSA) is 25.8 Å². The van der Waals surface area contributed by atoms with Gasteiger partial charge in [-0.25, -0.2) is 0 Å². The van der Waals surface area contributed by atoms with Crippen LogP contribution in [0, 0.1) is 0 Å². The van der Waals surface area contributed by atoms with Gasteiger partial charge in [-0.15, -0.1) is 0 Å². The van der Waals surface area contributed by atoms with Crippen molar-refractivity contribution < 1.29 is 0 Å². The van der Waals surface area contributed by atoms with E-state index in [1.165, 1.54) is 5.56 Å². The average Bonchev–Trinajstić information content (AvgIpc) is 2.22. The highest BCUT2D eigenvalue weighted by Gasteiger charge is 1.99. The number of rotatable bonds is 2. The molecule has 0 unspecified atom stereocenters. The van der Waals surface area contributed by atoms with Crippen LogP contribution in [0.3, 0.4) is 0 Å². The molecule has 2 nitrogen and oxygen atoms in total. The van der Waals surface area contributed by atoms with Crippen molar-refractivity contribution in [2.45, 2.75) is 6.42 Å². The van der Waals surface area contributed by atoms with Crippen molar-refractivity contribution in [1.29, 1.82) is 0 Å². The van der Waals surface area contributed by atoms with Crippen molar-refractivity contribution in [1.82, 2.24) is 10.2 Å². The molecule has 1 aromatic carbocycles. The number of aromatic nitrogens is 2. The fourth-order valence-electron chi connectivity index (χ4n) is 1.28. The maximum atomic E-state index is 4.07. The summed E-state index contributed by atoms with van der Waals surface area (Å²) >= 11 is 6.78. The number of hydrogen-bond donors (Lipinski definition) is 0. The quantitative estimate of drug-likeness (QED) is 0.842. The SMILES string of the molecule is Brc1ccc(Cc2cc(Br)cnn2)cc1. The fourth-order valence-corrected chi connectivity index (χ4v) is 1.90. The summed E-state index contributed by atoms with van der Waals surface area (Å²) in [6.07, 6.45) is 2.49. The monoisotopic (exact) mass is 326 g/mol. The molecule has 0 radical (unpaired) electrons. The predicted octanol–water partition coefficient (Wildman–Crippen LogP) is 3.59. The van der Waals surface area contributed by atoms with Crippen LogP contribution in [0.4, 0.5) is 0 Å². The first-order valence-electron chi connectivity index (χ1n) is 4.45. The maximum Gasteiger partial charge on any atom is 0.0686 e. The van der Waals surface area contributed by atoms with Crippen LogP contribution in [0.2, 0.25) is 0 Å². The van der Waals surface area contributed by atoms with Crippen molar-refractivity contribution in [3.05, 3.63) is 56.7 Å². The molecule has 0 aliphatic carbocycles. The average molecular weight is 328 g/mol. The van der Waals surface area contributed by atoms with Crippen LogP contribution in [0.5, 0.6) is 0 Å². The van der Waals surface area contributed by atoms with Gasteiger partial charge in [-0.2, -0.15) is 10.2 Å². The van der Waals surface area contributed by atoms with E-state index in [4.69, 9.17) is 0 Å². The Balaban J connectivity index is 2.18. The van der Waals surface area contributed by atoms with Crippen molar-refractivity contribution in [2.24, 2.45) is 0 Å². The zero-order valence-corrected chi connectivity index (χ0v) is 11.0. The standard InChI is InChI=1S/C11H8Br2N2/c12-9-3-1-8(2-4-9)5-11-6-10(13)7-14-15-11/h1-4,6-7H,5H2. The molecule has 4 heteroatoms. The number of hydrogen-bond acceptors (Lipinski definition) is 2. The van der Waals surface area contributed by atoms with E-state index in [0.717, 1.165) is 21.1 Å². The Morgan fingerprint density at radius 2 is 1.73 bits per heavy atom. The third kappa shape index (κ3) is 3.11. The first kappa shape index (κ1) is 10.8. The molecule has 76 valence electrons. The lowest BCUT2D eigenvalue weighted by Crippen LogP contribution is -1.93. The van der Waals surface area contributed by atoms with Crippen molar-refractivity contribution in [3.8, 4) is 0 Å². The zero-order valence-electron chi connectivity index (χ0n) is 7.82. The van der Waals surface area contributed by atoms with Crippen molar-refractivity contribution in [3.63, 3.8) is 0 Å². The molecule has 0 spiro atoms. The highest BCUT2D eigenvalue weighted by molar-refractivity contribution is 9.10. The van der Waals surface area contributed by atoms with E-state index >= 15 is 0 Å². The van der Waals surface area contributed by atoms with Crippen LogP contribution in [0.1, 0.15) is 11.3 Å². The van der Waals surface area contributed by atoms with E-state index in [2.05, 4.69) is 54.2 Å². The summed E-state index contributed by atoms with van der Waals surface area (Å²) in [6.45, 7) is 0. The molecule has 2 aromatic rings. The molecule has 0 aliphatic rings. The van der Waals surface area contributed by atoms with Gasteiger partial charge < -0.3 is 0 Å². The van der Waals surface area contributed by atoms with Gasteiger partial charge in [-0.3, -0.25) is 0 Å². The lowest BCUT2D eigenvalue weighted by Gasteiger charge is -2.00. The Hall–Kier alpha value is -0.740. The number of benzene rings is 1. The summed E-state index contributed by atoms with van der Waals surface area (Å²) in [5, 5.41) is 7.96. The second-order valence-electron chi connectivity index (χ2n) is 3.17. The number of halogens is 2. The van der Waals surface area contributed by atoms with Gasteiger partial charge in [0.05, 0.1) is 11.9 Å². The van der Waals surface area contributed by atoms with Gasteiger partial charge in [-0.1, -0.05) is 28.1 Å². The van der Waals surface area contributed by atoms with E-state index in [1.54, 1.807) is 6.20 Å². The normalized spacial score (nSPS) is 10.3. The molecular weight excluding hydrogens is 320 g/mol. The van der Waals surface area contributed by atoms with E-state index in [0.29, 0.717) is 0 Å². The van der Waals surface area contributed by atoms with Crippen molar-refractivity contribution >= 4 is 31.9 Å². The molecule has 0 saturated carbocycles. The van der Waals surface area contributed by atoms with Crippen LogP contribution in [0.15, 0.2) is 45.5 Å². The number of nitrogens with zero attached hydrogens (tertiary/aromatic N) is 2. The highest BCUT2D eigenvalue weighted by atomic mass is 79.9. The van der Waals surface area contributed by atoms with Gasteiger partial charge in [0, 0.05) is 15.4 Å². The highest BCUT2D eigenvalue weighted by Crippen LogP contribution is 2.14. The zero-order chi connectivity index (χ0) is 10.7. The summed E-state index contributed by atoms with van der Waals surface area (Å²) in [7, 11) is 0. The van der Waals surface area contributed by atoms with Gasteiger partial charge >= 0.3 is 0 Å². The maximum absolute atomic E-state index is 4.07. The minimum absolute atomic E-state index is 0.805.